The number of ketones is 1. The van der Waals surface area contributed by atoms with Gasteiger partial charge < -0.3 is 10.1 Å². The maximum absolute atomic E-state index is 13.1. The Morgan fingerprint density at radius 2 is 2.00 bits per heavy atom. The molecule has 0 fully saturated rings. The Hall–Kier alpha value is -1.53. The summed E-state index contributed by atoms with van der Waals surface area (Å²) in [7, 11) is 0. The summed E-state index contributed by atoms with van der Waals surface area (Å²) in [5.74, 6) is -0.557. The molecule has 2 rings (SSSR count). The molecule has 0 saturated heterocycles. The fourth-order valence-electron chi connectivity index (χ4n) is 2.35. The average Bonchev–Trinajstić information content (AvgIpc) is 2.97. The Kier molecular flexibility index (Phi) is 6.07. The molecule has 6 heteroatoms. The number of Topliss-reactive ketones (excluding diaryl/α,β-unsaturated/α-hetero) is 1. The van der Waals surface area contributed by atoms with Crippen LogP contribution in [0.1, 0.15) is 25.5 Å². The van der Waals surface area contributed by atoms with E-state index in [9.17, 15) is 14.0 Å². The van der Waals surface area contributed by atoms with Crippen LogP contribution in [0.25, 0.3) is 0 Å². The molecule has 0 radical (unpaired) electrons. The van der Waals surface area contributed by atoms with Crippen molar-refractivity contribution in [3.8, 4) is 0 Å². The lowest BCUT2D eigenvalue weighted by molar-refractivity contribution is -0.119. The minimum Gasteiger partial charge on any atom is -0.364 e. The van der Waals surface area contributed by atoms with Crippen LogP contribution in [0.5, 0.6) is 0 Å². The van der Waals surface area contributed by atoms with Crippen molar-refractivity contribution in [3.05, 3.63) is 46.8 Å². The molecule has 0 saturated carbocycles. The lowest BCUT2D eigenvalue weighted by atomic mass is 9.97. The summed E-state index contributed by atoms with van der Waals surface area (Å²) in [6, 6.07) is 5.76. The molecule has 1 aliphatic heterocycles. The van der Waals surface area contributed by atoms with Crippen LogP contribution in [0, 0.1) is 11.7 Å². The van der Waals surface area contributed by atoms with Crippen LogP contribution in [0.15, 0.2) is 35.4 Å². The number of hydrogen-bond acceptors (Lipinski definition) is 3. The van der Waals surface area contributed by atoms with Crippen LogP contribution < -0.4 is 5.32 Å². The van der Waals surface area contributed by atoms with E-state index in [-0.39, 0.29) is 29.4 Å². The van der Waals surface area contributed by atoms with Crippen molar-refractivity contribution < 1.29 is 18.7 Å². The maximum Gasteiger partial charge on any atom is 0.250 e. The van der Waals surface area contributed by atoms with E-state index in [0.29, 0.717) is 29.2 Å². The molecule has 23 heavy (non-hydrogen) atoms. The number of benzene rings is 1. The van der Waals surface area contributed by atoms with Gasteiger partial charge in [-0.2, -0.15) is 0 Å². The molecule has 1 amide bonds. The van der Waals surface area contributed by atoms with Crippen molar-refractivity contribution in [2.45, 2.75) is 20.0 Å². The predicted molar refractivity (Wildman–Crippen MR) is 88.8 cm³/mol. The van der Waals surface area contributed by atoms with Crippen LogP contribution in [0.2, 0.25) is 0 Å². The number of amides is 1. The van der Waals surface area contributed by atoms with Crippen LogP contribution in [-0.2, 0) is 14.3 Å². The third kappa shape index (κ3) is 4.26. The first kappa shape index (κ1) is 17.8. The van der Waals surface area contributed by atoms with Gasteiger partial charge in [0.25, 0.3) is 5.91 Å². The molecule has 4 nitrogen and oxygen atoms in total. The molecule has 0 spiro atoms. The molecule has 1 N–H and O–H groups in total. The van der Waals surface area contributed by atoms with Gasteiger partial charge in [-0.15, -0.1) is 0 Å². The number of halogens is 2. The molecule has 0 aliphatic carbocycles. The number of carbonyl (C=O) groups excluding carboxylic acids is 2. The van der Waals surface area contributed by atoms with Gasteiger partial charge in [0.2, 0.25) is 0 Å². The van der Waals surface area contributed by atoms with Gasteiger partial charge in [0.05, 0.1) is 17.5 Å². The zero-order chi connectivity index (χ0) is 17.0. The second-order valence-corrected chi connectivity index (χ2v) is 6.36. The smallest absolute Gasteiger partial charge is 0.250 e. The molecule has 1 aromatic carbocycles. The highest BCUT2D eigenvalue weighted by Gasteiger charge is 2.35. The first-order chi connectivity index (χ1) is 10.9. The second-order valence-electron chi connectivity index (χ2n) is 5.80. The van der Waals surface area contributed by atoms with Crippen LogP contribution in [-0.4, -0.2) is 30.2 Å². The highest BCUT2D eigenvalue weighted by atomic mass is 79.9. The van der Waals surface area contributed by atoms with Gasteiger partial charge in [0, 0.05) is 12.1 Å². The fraction of sp³-hybridized carbons (Fsp3) is 0.412. The van der Waals surface area contributed by atoms with Gasteiger partial charge in [0.15, 0.2) is 5.78 Å². The standard InChI is InChI=1S/C17H19BrFNO3/c1-10(2)8-20-17(22)15-13(14(21)7-18)9-23-16(15)11-3-5-12(19)6-4-11/h3-6,10,16H,7-9H2,1-2H3,(H,20,22). The normalized spacial score (nSPS) is 17.7. The van der Waals surface area contributed by atoms with E-state index >= 15 is 0 Å². The summed E-state index contributed by atoms with van der Waals surface area (Å²) < 4.78 is 18.8. The summed E-state index contributed by atoms with van der Waals surface area (Å²) in [6.07, 6.45) is -0.652. The second kappa shape index (κ2) is 7.84. The SMILES string of the molecule is CC(C)CNC(=O)C1=C(C(=O)CBr)COC1c1ccc(F)cc1. The van der Waals surface area contributed by atoms with Gasteiger partial charge in [-0.3, -0.25) is 9.59 Å². The van der Waals surface area contributed by atoms with Crippen molar-refractivity contribution in [3.63, 3.8) is 0 Å². The van der Waals surface area contributed by atoms with E-state index in [4.69, 9.17) is 4.74 Å². The van der Waals surface area contributed by atoms with Crippen LogP contribution in [0.3, 0.4) is 0 Å². The summed E-state index contributed by atoms with van der Waals surface area (Å²) >= 11 is 3.13. The predicted octanol–water partition coefficient (Wildman–Crippen LogP) is 2.93. The van der Waals surface area contributed by atoms with Gasteiger partial charge in [-0.05, 0) is 23.6 Å². The van der Waals surface area contributed by atoms with E-state index < -0.39 is 6.10 Å². The number of hydrogen-bond donors (Lipinski definition) is 1. The quantitative estimate of drug-likeness (QED) is 0.768. The lowest BCUT2D eigenvalue weighted by Gasteiger charge is -2.16. The Labute approximate surface area is 143 Å². The zero-order valence-corrected chi connectivity index (χ0v) is 14.7. The summed E-state index contributed by atoms with van der Waals surface area (Å²) in [5, 5.41) is 2.95. The molecule has 1 aromatic rings. The zero-order valence-electron chi connectivity index (χ0n) is 13.1. The highest BCUT2D eigenvalue weighted by molar-refractivity contribution is 9.09. The van der Waals surface area contributed by atoms with E-state index in [1.54, 1.807) is 12.1 Å². The molecular formula is C17H19BrFNO3. The number of ether oxygens (including phenoxy) is 1. The minimum atomic E-state index is -0.652. The first-order valence-corrected chi connectivity index (χ1v) is 8.53. The summed E-state index contributed by atoms with van der Waals surface area (Å²) in [6.45, 7) is 4.56. The van der Waals surface area contributed by atoms with Crippen molar-refractivity contribution in [1.82, 2.24) is 5.32 Å². The van der Waals surface area contributed by atoms with E-state index in [1.807, 2.05) is 13.8 Å². The summed E-state index contributed by atoms with van der Waals surface area (Å²) in [4.78, 5) is 24.6. The summed E-state index contributed by atoms with van der Waals surface area (Å²) in [5.41, 5.74) is 1.35. The third-order valence-corrected chi connectivity index (χ3v) is 4.04. The van der Waals surface area contributed by atoms with Gasteiger partial charge in [-0.1, -0.05) is 41.9 Å². The Morgan fingerprint density at radius 3 is 2.57 bits per heavy atom. The van der Waals surface area contributed by atoms with Crippen molar-refractivity contribution in [1.29, 1.82) is 0 Å². The third-order valence-electron chi connectivity index (χ3n) is 3.53. The number of rotatable bonds is 6. The first-order valence-electron chi connectivity index (χ1n) is 7.41. The van der Waals surface area contributed by atoms with E-state index in [2.05, 4.69) is 21.2 Å². The van der Waals surface area contributed by atoms with Crippen LogP contribution in [0.4, 0.5) is 4.39 Å². The Morgan fingerprint density at radius 1 is 1.35 bits per heavy atom. The number of alkyl halides is 1. The molecule has 1 atom stereocenters. The van der Waals surface area contributed by atoms with Gasteiger partial charge in [-0.25, -0.2) is 4.39 Å². The Bertz CT molecular complexity index is 625. The highest BCUT2D eigenvalue weighted by Crippen LogP contribution is 2.35. The maximum atomic E-state index is 13.1. The van der Waals surface area contributed by atoms with Gasteiger partial charge in [0.1, 0.15) is 11.9 Å². The number of nitrogens with one attached hydrogen (secondary N) is 1. The topological polar surface area (TPSA) is 55.4 Å². The molecule has 1 unspecified atom stereocenters. The molecule has 1 heterocycles. The molecule has 124 valence electrons. The van der Waals surface area contributed by atoms with Crippen molar-refractivity contribution in [2.24, 2.45) is 5.92 Å². The largest absolute Gasteiger partial charge is 0.364 e. The lowest BCUT2D eigenvalue weighted by Crippen LogP contribution is -2.31. The van der Waals surface area contributed by atoms with Crippen molar-refractivity contribution in [2.75, 3.05) is 18.5 Å². The average molecular weight is 384 g/mol. The molecule has 0 bridgehead atoms. The Balaban J connectivity index is 2.34. The number of carbonyl (C=O) groups is 2. The molecule has 1 aliphatic rings. The monoisotopic (exact) mass is 383 g/mol. The van der Waals surface area contributed by atoms with E-state index in [1.165, 1.54) is 12.1 Å². The molecule has 0 aromatic heterocycles. The fourth-order valence-corrected chi connectivity index (χ4v) is 2.68. The molecular weight excluding hydrogens is 365 g/mol. The van der Waals surface area contributed by atoms with Gasteiger partial charge >= 0.3 is 0 Å². The van der Waals surface area contributed by atoms with E-state index in [0.717, 1.165) is 0 Å². The van der Waals surface area contributed by atoms with Crippen molar-refractivity contribution >= 4 is 27.6 Å². The minimum absolute atomic E-state index is 0.0803. The van der Waals surface area contributed by atoms with Crippen LogP contribution >= 0.6 is 15.9 Å².